The number of nitrogens with one attached hydrogen (secondary N) is 1. The highest BCUT2D eigenvalue weighted by Crippen LogP contribution is 2.60. The van der Waals surface area contributed by atoms with Gasteiger partial charge in [-0.1, -0.05) is 30.7 Å². The molecular formula is C30H36N4O. The van der Waals surface area contributed by atoms with Gasteiger partial charge in [-0.25, -0.2) is 4.98 Å². The number of carbonyl (C=O) groups excluding carboxylic acids is 1. The summed E-state index contributed by atoms with van der Waals surface area (Å²) >= 11 is 0. The fraction of sp³-hybridized carbons (Fsp3) is 0.533. The topological polar surface area (TPSA) is 50.2 Å². The first-order valence-corrected chi connectivity index (χ1v) is 13.8. The molecule has 2 heterocycles. The van der Waals surface area contributed by atoms with E-state index in [1.807, 2.05) is 30.3 Å². The van der Waals surface area contributed by atoms with Crippen molar-refractivity contribution >= 4 is 22.9 Å². The summed E-state index contributed by atoms with van der Waals surface area (Å²) in [7, 11) is 0. The van der Waals surface area contributed by atoms with Crippen molar-refractivity contribution in [2.24, 2.45) is 17.8 Å². The number of imidazole rings is 1. The van der Waals surface area contributed by atoms with E-state index >= 15 is 0 Å². The second kappa shape index (κ2) is 8.48. The van der Waals surface area contributed by atoms with Gasteiger partial charge in [0.05, 0.1) is 11.0 Å². The van der Waals surface area contributed by atoms with Gasteiger partial charge in [0.25, 0.3) is 5.91 Å². The van der Waals surface area contributed by atoms with Crippen molar-refractivity contribution in [1.29, 1.82) is 0 Å². The third-order valence-electron chi connectivity index (χ3n) is 9.32. The van der Waals surface area contributed by atoms with Crippen LogP contribution in [0.1, 0.15) is 73.7 Å². The SMILES string of the molecule is O=C(Nc1nc2ccc(CN3CCCCC3)cc2n1C12CC3CC(CC(C3)C1)C2)c1ccccc1. The van der Waals surface area contributed by atoms with Gasteiger partial charge in [0.2, 0.25) is 5.95 Å². The van der Waals surface area contributed by atoms with E-state index in [2.05, 4.69) is 33.0 Å². The maximum Gasteiger partial charge on any atom is 0.257 e. The van der Waals surface area contributed by atoms with Crippen LogP contribution >= 0.6 is 0 Å². The predicted octanol–water partition coefficient (Wildman–Crippen LogP) is 6.20. The molecule has 35 heavy (non-hydrogen) atoms. The Hall–Kier alpha value is -2.66. The van der Waals surface area contributed by atoms with Gasteiger partial charge < -0.3 is 4.57 Å². The largest absolute Gasteiger partial charge is 0.304 e. The number of amides is 1. The van der Waals surface area contributed by atoms with Crippen LogP contribution in [0.4, 0.5) is 5.95 Å². The zero-order valence-corrected chi connectivity index (χ0v) is 20.6. The normalized spacial score (nSPS) is 30.1. The first-order valence-electron chi connectivity index (χ1n) is 13.8. The van der Waals surface area contributed by atoms with Crippen molar-refractivity contribution in [2.45, 2.75) is 69.9 Å². The molecule has 5 nitrogen and oxygen atoms in total. The average molecular weight is 469 g/mol. The Morgan fingerprint density at radius 3 is 2.29 bits per heavy atom. The van der Waals surface area contributed by atoms with E-state index in [1.165, 1.54) is 82.0 Å². The molecule has 4 aliphatic carbocycles. The van der Waals surface area contributed by atoms with E-state index < -0.39 is 0 Å². The summed E-state index contributed by atoms with van der Waals surface area (Å²) in [6.45, 7) is 3.41. The lowest BCUT2D eigenvalue weighted by Crippen LogP contribution is -2.52. The van der Waals surface area contributed by atoms with E-state index in [-0.39, 0.29) is 11.4 Å². The molecule has 1 aliphatic heterocycles. The molecule has 5 fully saturated rings. The van der Waals surface area contributed by atoms with Crippen molar-refractivity contribution in [2.75, 3.05) is 18.4 Å². The van der Waals surface area contributed by atoms with Crippen molar-refractivity contribution in [3.8, 4) is 0 Å². The molecule has 2 aromatic carbocycles. The maximum atomic E-state index is 13.2. The van der Waals surface area contributed by atoms with Crippen LogP contribution in [0, 0.1) is 17.8 Å². The lowest BCUT2D eigenvalue weighted by atomic mass is 9.53. The molecule has 4 bridgehead atoms. The van der Waals surface area contributed by atoms with Gasteiger partial charge in [0.15, 0.2) is 0 Å². The maximum absolute atomic E-state index is 13.2. The Morgan fingerprint density at radius 2 is 1.60 bits per heavy atom. The zero-order chi connectivity index (χ0) is 23.4. The minimum absolute atomic E-state index is 0.0691. The molecule has 1 N–H and O–H groups in total. The number of hydrogen-bond donors (Lipinski definition) is 1. The molecule has 1 saturated heterocycles. The van der Waals surface area contributed by atoms with Gasteiger partial charge in [-0.3, -0.25) is 15.0 Å². The summed E-state index contributed by atoms with van der Waals surface area (Å²) in [5.74, 6) is 3.15. The highest BCUT2D eigenvalue weighted by atomic mass is 16.1. The standard InChI is InChI=1S/C30H36N4O/c35-28(25-7-3-1-4-8-25)32-29-31-26-10-9-21(20-33-11-5-2-6-12-33)16-27(26)34(29)30-17-22-13-23(18-30)15-24(14-22)19-30/h1,3-4,7-10,16,22-24H,2,5-6,11-15,17-20H2,(H,31,32,35). The van der Waals surface area contributed by atoms with E-state index in [4.69, 9.17) is 4.98 Å². The van der Waals surface area contributed by atoms with Crippen LogP contribution in [-0.4, -0.2) is 33.4 Å². The first kappa shape index (κ1) is 21.6. The molecule has 182 valence electrons. The number of aromatic nitrogens is 2. The third-order valence-corrected chi connectivity index (χ3v) is 9.32. The smallest absolute Gasteiger partial charge is 0.257 e. The molecule has 1 aromatic heterocycles. The first-order chi connectivity index (χ1) is 17.1. The van der Waals surface area contributed by atoms with Crippen molar-refractivity contribution in [3.63, 3.8) is 0 Å². The Morgan fingerprint density at radius 1 is 0.914 bits per heavy atom. The summed E-state index contributed by atoms with van der Waals surface area (Å²) in [6, 6.07) is 16.4. The highest BCUT2D eigenvalue weighted by Gasteiger charge is 2.53. The summed E-state index contributed by atoms with van der Waals surface area (Å²) in [5, 5.41) is 3.24. The summed E-state index contributed by atoms with van der Waals surface area (Å²) < 4.78 is 2.49. The quantitative estimate of drug-likeness (QED) is 0.485. The Labute approximate surface area is 207 Å². The second-order valence-corrected chi connectivity index (χ2v) is 11.9. The third kappa shape index (κ3) is 3.88. The van der Waals surface area contributed by atoms with Gasteiger partial charge in [-0.15, -0.1) is 0 Å². The number of nitrogens with zero attached hydrogens (tertiary/aromatic N) is 3. The van der Waals surface area contributed by atoms with E-state index in [9.17, 15) is 4.79 Å². The van der Waals surface area contributed by atoms with E-state index in [0.29, 0.717) is 5.56 Å². The molecule has 0 unspecified atom stereocenters. The molecule has 5 heteroatoms. The molecule has 4 saturated carbocycles. The monoisotopic (exact) mass is 468 g/mol. The van der Waals surface area contributed by atoms with Crippen LogP contribution < -0.4 is 5.32 Å². The van der Waals surface area contributed by atoms with Crippen molar-refractivity contribution in [3.05, 3.63) is 59.7 Å². The van der Waals surface area contributed by atoms with Crippen LogP contribution in [0.15, 0.2) is 48.5 Å². The lowest BCUT2D eigenvalue weighted by Gasteiger charge is -2.57. The molecule has 3 aromatic rings. The number of likely N-dealkylation sites (tertiary alicyclic amines) is 1. The van der Waals surface area contributed by atoms with E-state index in [1.54, 1.807) is 0 Å². The van der Waals surface area contributed by atoms with E-state index in [0.717, 1.165) is 35.8 Å². The molecule has 0 atom stereocenters. The molecule has 1 amide bonds. The van der Waals surface area contributed by atoms with Crippen LogP contribution in [0.25, 0.3) is 11.0 Å². The second-order valence-electron chi connectivity index (χ2n) is 11.9. The van der Waals surface area contributed by atoms with Crippen LogP contribution in [0.5, 0.6) is 0 Å². The summed E-state index contributed by atoms with van der Waals surface area (Å²) in [4.78, 5) is 20.9. The fourth-order valence-electron chi connectivity index (χ4n) is 8.26. The molecule has 8 rings (SSSR count). The van der Waals surface area contributed by atoms with Gasteiger partial charge >= 0.3 is 0 Å². The zero-order valence-electron chi connectivity index (χ0n) is 20.6. The Bertz CT molecular complexity index is 1200. The fourth-order valence-corrected chi connectivity index (χ4v) is 8.26. The molecule has 5 aliphatic rings. The minimum atomic E-state index is -0.0691. The number of hydrogen-bond acceptors (Lipinski definition) is 3. The summed E-state index contributed by atoms with van der Waals surface area (Å²) in [6.07, 6.45) is 11.9. The van der Waals surface area contributed by atoms with Gasteiger partial charge in [-0.05, 0) is 112 Å². The van der Waals surface area contributed by atoms with Crippen molar-refractivity contribution < 1.29 is 4.79 Å². The number of rotatable bonds is 5. The Kier molecular flexibility index (Phi) is 5.23. The average Bonchev–Trinajstić information content (AvgIpc) is 3.22. The van der Waals surface area contributed by atoms with Crippen LogP contribution in [0.2, 0.25) is 0 Å². The molecule has 0 spiro atoms. The number of carbonyl (C=O) groups is 1. The number of fused-ring (bicyclic) bond motifs is 1. The highest BCUT2D eigenvalue weighted by molar-refractivity contribution is 6.04. The van der Waals surface area contributed by atoms with Gasteiger partial charge in [0, 0.05) is 17.6 Å². The minimum Gasteiger partial charge on any atom is -0.304 e. The number of anilines is 1. The lowest BCUT2D eigenvalue weighted by molar-refractivity contribution is -0.0399. The Balaban J connectivity index is 1.31. The number of benzene rings is 2. The molecular weight excluding hydrogens is 432 g/mol. The predicted molar refractivity (Wildman–Crippen MR) is 139 cm³/mol. The van der Waals surface area contributed by atoms with Crippen LogP contribution in [0.3, 0.4) is 0 Å². The van der Waals surface area contributed by atoms with Gasteiger partial charge in [-0.2, -0.15) is 0 Å². The van der Waals surface area contributed by atoms with Crippen LogP contribution in [-0.2, 0) is 12.1 Å². The van der Waals surface area contributed by atoms with Crippen molar-refractivity contribution in [1.82, 2.24) is 14.5 Å². The number of piperidine rings is 1. The van der Waals surface area contributed by atoms with Gasteiger partial charge in [0.1, 0.15) is 0 Å². The summed E-state index contributed by atoms with van der Waals surface area (Å²) in [5.41, 5.74) is 4.36. The molecule has 0 radical (unpaired) electrons.